The number of carboxylic acids is 1. The third-order valence-corrected chi connectivity index (χ3v) is 14.4. The standard InChI is InChI=1S/C41H57N5O18S4.Ni/c1-40(2,31-13-12-27(36(49)42-15-20-65(53,54)55)24-29(31)38(51)44-17-22-67(59,60)61)14-8-7-10-33-41(3,4)35-30(39(52)45-18-23-68(62,63)64)25-28(37(50)43-16-21-66(56,57)58)26-32(35)46(33)19-9-5-6-11-34(47)48;/h7-8,10,12-13,24-26,39,45,52H,5-6,9,11,15-23H2,1-4H3,(H,42,49)(H,43,50)(H,44,51)(H,47,48)(H,53,54,55)(H,56,57,58)(H,59,60,61)(H,62,63,64);/b8-7+,33-10+;. The fraction of sp³-hybridized carbons (Fsp3) is 0.488. The molecular weight excluding hydrogens is 1040 g/mol. The summed E-state index contributed by atoms with van der Waals surface area (Å²) >= 11 is 5.48. The van der Waals surface area contributed by atoms with Crippen LogP contribution in [-0.4, -0.2) is 146 Å². The van der Waals surface area contributed by atoms with Gasteiger partial charge in [-0.1, -0.05) is 0 Å². The summed E-state index contributed by atoms with van der Waals surface area (Å²) in [5.41, 5.74) is -0.740. The number of unbranched alkanes of at least 4 members (excludes halogenated alkanes) is 2. The SMILES string of the molecule is CC(C)([C](=[Ni])/C=C/C=C1/N(CCCCCC(=O)O)c2cc(C(=O)NCCS(=O)(=O)O)cc(C(O)NCCS(=O)(=O)O)c2C1(C)C)c1ccc(C(=O)NCCS(=O)(=O)O)cc1C(=O)NCCS(=O)(=O)O. The number of carboxylic acid groups (broad SMARTS) is 1. The number of carbonyl (C=O) groups is 4. The molecule has 1 heterocycles. The maximum atomic E-state index is 13.6. The van der Waals surface area contributed by atoms with Gasteiger partial charge < -0.3 is 5.11 Å². The zero-order valence-corrected chi connectivity index (χ0v) is 42.1. The fourth-order valence-corrected chi connectivity index (χ4v) is 9.01. The van der Waals surface area contributed by atoms with E-state index in [1.807, 2.05) is 4.90 Å². The van der Waals surface area contributed by atoms with Crippen molar-refractivity contribution < 1.29 is 96.3 Å². The molecule has 0 aromatic heterocycles. The number of rotatable bonds is 27. The van der Waals surface area contributed by atoms with Gasteiger partial charge >= 0.3 is 349 Å². The quantitative estimate of drug-likeness (QED) is 0.0257. The Kier molecular flexibility index (Phi) is 20.5. The Hall–Kier alpha value is -4.48. The summed E-state index contributed by atoms with van der Waals surface area (Å²) in [6, 6.07) is 6.76. The number of nitrogens with one attached hydrogen (secondary N) is 4. The summed E-state index contributed by atoms with van der Waals surface area (Å²) in [4.78, 5) is 53.1. The molecule has 10 N–H and O–H groups in total. The molecule has 69 heavy (non-hydrogen) atoms. The summed E-state index contributed by atoms with van der Waals surface area (Å²) in [6.07, 6.45) is 4.35. The number of hydrogen-bond acceptors (Lipinski definition) is 15. The van der Waals surface area contributed by atoms with Crippen LogP contribution in [0.5, 0.6) is 0 Å². The first kappa shape index (κ1) is 58.8. The van der Waals surface area contributed by atoms with Crippen molar-refractivity contribution in [2.24, 2.45) is 0 Å². The number of nitrogens with zero attached hydrogens (tertiary/aromatic N) is 1. The van der Waals surface area contributed by atoms with Gasteiger partial charge in [-0.15, -0.1) is 0 Å². The van der Waals surface area contributed by atoms with Crippen molar-refractivity contribution in [2.75, 3.05) is 60.6 Å². The molecule has 1 atom stereocenters. The summed E-state index contributed by atoms with van der Waals surface area (Å²) in [7, 11) is -17.8. The van der Waals surface area contributed by atoms with Crippen LogP contribution < -0.4 is 26.2 Å². The van der Waals surface area contributed by atoms with E-state index in [9.17, 15) is 76.7 Å². The average molecular weight is 1090 g/mol. The van der Waals surface area contributed by atoms with Crippen molar-refractivity contribution in [1.29, 1.82) is 0 Å². The zero-order chi connectivity index (χ0) is 52.3. The van der Waals surface area contributed by atoms with E-state index >= 15 is 0 Å². The van der Waals surface area contributed by atoms with Crippen molar-refractivity contribution in [1.82, 2.24) is 21.3 Å². The summed E-state index contributed by atoms with van der Waals surface area (Å²) < 4.78 is 128. The van der Waals surface area contributed by atoms with Crippen LogP contribution in [0.3, 0.4) is 0 Å². The van der Waals surface area contributed by atoms with Crippen molar-refractivity contribution >= 4 is 74.3 Å². The van der Waals surface area contributed by atoms with E-state index in [2.05, 4.69) is 21.3 Å². The first-order valence-corrected chi connectivity index (χ1v) is 27.9. The number of aliphatic hydroxyl groups excluding tert-OH is 1. The Labute approximate surface area is 408 Å². The molecule has 0 aliphatic carbocycles. The van der Waals surface area contributed by atoms with Crippen LogP contribution in [0.4, 0.5) is 5.69 Å². The Bertz CT molecular complexity index is 2810. The molecule has 3 amide bonds. The third-order valence-electron chi connectivity index (χ3n) is 10.7. The predicted octanol–water partition coefficient (Wildman–Crippen LogP) is 0.887. The number of carbonyl (C=O) groups excluding carboxylic acids is 3. The maximum absolute atomic E-state index is 13.6. The number of hydrogen-bond donors (Lipinski definition) is 10. The summed E-state index contributed by atoms with van der Waals surface area (Å²) in [5.74, 6) is -6.65. The number of benzene rings is 2. The van der Waals surface area contributed by atoms with E-state index < -0.39 is 130 Å². The van der Waals surface area contributed by atoms with Crippen molar-refractivity contribution in [3.8, 4) is 0 Å². The number of anilines is 1. The van der Waals surface area contributed by atoms with Gasteiger partial charge in [0.25, 0.3) is 20.2 Å². The normalized spacial score (nSPS) is 15.2. The monoisotopic (exact) mass is 1090 g/mol. The Morgan fingerprint density at radius 3 is 1.75 bits per heavy atom. The zero-order valence-electron chi connectivity index (χ0n) is 37.9. The molecule has 1 unspecified atom stereocenters. The van der Waals surface area contributed by atoms with Crippen LogP contribution >= 0.6 is 0 Å². The molecule has 3 rings (SSSR count). The second kappa shape index (κ2) is 24.1. The summed E-state index contributed by atoms with van der Waals surface area (Å²) in [6.45, 7) is 5.29. The molecule has 1 aliphatic rings. The Morgan fingerprint density at radius 2 is 1.23 bits per heavy atom. The Balaban J connectivity index is 2.17. The van der Waals surface area contributed by atoms with E-state index in [0.29, 0.717) is 36.2 Å². The second-order valence-electron chi connectivity index (χ2n) is 16.8. The van der Waals surface area contributed by atoms with E-state index in [1.165, 1.54) is 30.3 Å². The van der Waals surface area contributed by atoms with Gasteiger partial charge in [-0.25, -0.2) is 0 Å². The number of aliphatic carboxylic acids is 1. The molecule has 23 nitrogen and oxygen atoms in total. The molecule has 0 saturated heterocycles. The van der Waals surface area contributed by atoms with Crippen LogP contribution in [0, 0.1) is 0 Å². The molecule has 2 aromatic carbocycles. The Morgan fingerprint density at radius 1 is 0.725 bits per heavy atom. The molecular formula is C41H57N5NiO18S4. The van der Waals surface area contributed by atoms with Gasteiger partial charge in [0, 0.05) is 0 Å². The number of amides is 3. The average Bonchev–Trinajstić information content (AvgIpc) is 3.42. The van der Waals surface area contributed by atoms with Crippen LogP contribution in [0.1, 0.15) is 107 Å². The topological polar surface area (TPSA) is 378 Å². The molecule has 1 aliphatic heterocycles. The van der Waals surface area contributed by atoms with E-state index in [-0.39, 0.29) is 45.3 Å². The minimum atomic E-state index is -4.48. The third kappa shape index (κ3) is 18.3. The van der Waals surface area contributed by atoms with Crippen LogP contribution in [0.2, 0.25) is 0 Å². The van der Waals surface area contributed by atoms with Gasteiger partial charge in [0.1, 0.15) is 0 Å². The van der Waals surface area contributed by atoms with Crippen molar-refractivity contribution in [2.45, 2.75) is 70.4 Å². The first-order valence-electron chi connectivity index (χ1n) is 20.9. The van der Waals surface area contributed by atoms with Gasteiger partial charge in [-0.2, -0.15) is 16.8 Å². The minimum absolute atomic E-state index is 0.0673. The van der Waals surface area contributed by atoms with Crippen LogP contribution in [0.15, 0.2) is 54.3 Å². The van der Waals surface area contributed by atoms with Crippen molar-refractivity contribution in [3.63, 3.8) is 0 Å². The van der Waals surface area contributed by atoms with Gasteiger partial charge in [0.2, 0.25) is 0 Å². The van der Waals surface area contributed by atoms with Gasteiger partial charge in [-0.05, 0) is 0 Å². The molecule has 0 bridgehead atoms. The van der Waals surface area contributed by atoms with Crippen molar-refractivity contribution in [3.05, 3.63) is 87.6 Å². The van der Waals surface area contributed by atoms with Gasteiger partial charge in [0.05, 0.1) is 5.75 Å². The molecule has 388 valence electrons. The predicted molar refractivity (Wildman–Crippen MR) is 250 cm³/mol. The van der Waals surface area contributed by atoms with Crippen LogP contribution in [0.25, 0.3) is 0 Å². The van der Waals surface area contributed by atoms with Gasteiger partial charge in [0.15, 0.2) is 0 Å². The molecule has 2 aromatic rings. The van der Waals surface area contributed by atoms with E-state index in [1.54, 1.807) is 45.9 Å². The fourth-order valence-electron chi connectivity index (χ4n) is 7.33. The molecule has 0 spiro atoms. The molecule has 28 heteroatoms. The molecule has 0 fully saturated rings. The van der Waals surface area contributed by atoms with Gasteiger partial charge in [-0.3, -0.25) is 13.9 Å². The molecule has 0 saturated carbocycles. The number of aliphatic hydroxyl groups is 1. The number of fused-ring (bicyclic) bond motifs is 1. The second-order valence-corrected chi connectivity index (χ2v) is 23.6. The van der Waals surface area contributed by atoms with E-state index in [4.69, 9.17) is 19.6 Å². The summed E-state index contributed by atoms with van der Waals surface area (Å²) in [5, 5.41) is 30.4. The first-order chi connectivity index (χ1) is 31.6. The molecule has 0 radical (unpaired) electrons. The van der Waals surface area contributed by atoms with E-state index in [0.717, 1.165) is 0 Å². The van der Waals surface area contributed by atoms with Crippen LogP contribution in [-0.2, 0) is 71.1 Å². The number of allylic oxidation sites excluding steroid dienone is 4.